The van der Waals surface area contributed by atoms with Crippen molar-refractivity contribution < 1.29 is 0 Å². The van der Waals surface area contributed by atoms with Crippen LogP contribution in [-0.2, 0) is 13.5 Å². The molecule has 0 spiro atoms. The van der Waals surface area contributed by atoms with Crippen LogP contribution >= 0.6 is 0 Å². The van der Waals surface area contributed by atoms with E-state index in [1.54, 1.807) is 0 Å². The lowest BCUT2D eigenvalue weighted by atomic mass is 9.94. The lowest BCUT2D eigenvalue weighted by Crippen LogP contribution is -2.36. The quantitative estimate of drug-likeness (QED) is 0.871. The number of aromatic nitrogens is 2. The second kappa shape index (κ2) is 5.85. The molecule has 1 aromatic heterocycles. The van der Waals surface area contributed by atoms with Crippen LogP contribution in [0, 0.1) is 5.41 Å². The summed E-state index contributed by atoms with van der Waals surface area (Å²) in [5.41, 5.74) is 8.69. The van der Waals surface area contributed by atoms with Crippen molar-refractivity contribution in [3.8, 4) is 0 Å². The van der Waals surface area contributed by atoms with Gasteiger partial charge in [0.1, 0.15) is 0 Å². The lowest BCUT2D eigenvalue weighted by molar-refractivity contribution is 0.175. The minimum absolute atomic E-state index is 0.257. The van der Waals surface area contributed by atoms with Crippen LogP contribution in [0.2, 0.25) is 0 Å². The Morgan fingerprint density at radius 2 is 2.06 bits per heavy atom. The first-order valence-corrected chi connectivity index (χ1v) is 6.71. The van der Waals surface area contributed by atoms with E-state index in [0.717, 1.165) is 18.7 Å². The van der Waals surface area contributed by atoms with Crippen LogP contribution < -0.4 is 5.73 Å². The maximum absolute atomic E-state index is 5.98. The number of hydrogen-bond donors (Lipinski definition) is 1. The molecule has 4 heteroatoms. The summed E-state index contributed by atoms with van der Waals surface area (Å²) in [5, 5.41) is 4.51. The molecule has 4 nitrogen and oxygen atoms in total. The topological polar surface area (TPSA) is 47.1 Å². The van der Waals surface area contributed by atoms with E-state index in [9.17, 15) is 0 Å². The third-order valence-corrected chi connectivity index (χ3v) is 3.11. The largest absolute Gasteiger partial charge is 0.329 e. The standard InChI is InChI=1S/C14H28N4/c1-7-12-11(9-18(6)16-12)13(8-15)17(5)10-14(2,3)4/h9,13H,7-8,10,15H2,1-6H3. The predicted octanol–water partition coefficient (Wildman–Crippen LogP) is 1.96. The molecular weight excluding hydrogens is 224 g/mol. The molecule has 104 valence electrons. The molecule has 0 aliphatic heterocycles. The van der Waals surface area contributed by atoms with Crippen LogP contribution in [0.1, 0.15) is 45.0 Å². The summed E-state index contributed by atoms with van der Waals surface area (Å²) in [4.78, 5) is 2.34. The van der Waals surface area contributed by atoms with Crippen molar-refractivity contribution in [2.75, 3.05) is 20.1 Å². The van der Waals surface area contributed by atoms with E-state index < -0.39 is 0 Å². The van der Waals surface area contributed by atoms with E-state index in [0.29, 0.717) is 6.54 Å². The molecule has 1 rings (SSSR count). The first kappa shape index (κ1) is 15.2. The first-order valence-electron chi connectivity index (χ1n) is 6.71. The highest BCUT2D eigenvalue weighted by atomic mass is 15.3. The Hall–Kier alpha value is -0.870. The van der Waals surface area contributed by atoms with Gasteiger partial charge >= 0.3 is 0 Å². The van der Waals surface area contributed by atoms with Gasteiger partial charge in [-0.3, -0.25) is 9.58 Å². The molecule has 0 aliphatic rings. The minimum atomic E-state index is 0.257. The van der Waals surface area contributed by atoms with Gasteiger partial charge in [-0.05, 0) is 18.9 Å². The van der Waals surface area contributed by atoms with E-state index in [-0.39, 0.29) is 11.5 Å². The molecule has 0 radical (unpaired) electrons. The molecule has 0 bridgehead atoms. The normalized spacial score (nSPS) is 14.2. The van der Waals surface area contributed by atoms with Crippen LogP contribution in [0.4, 0.5) is 0 Å². The van der Waals surface area contributed by atoms with E-state index in [4.69, 9.17) is 5.73 Å². The average Bonchev–Trinajstić information content (AvgIpc) is 2.58. The Morgan fingerprint density at radius 1 is 1.44 bits per heavy atom. The molecule has 0 saturated carbocycles. The second-order valence-corrected chi connectivity index (χ2v) is 6.29. The average molecular weight is 252 g/mol. The number of nitrogens with two attached hydrogens (primary N) is 1. The molecule has 0 fully saturated rings. The summed E-state index contributed by atoms with van der Waals surface area (Å²) in [5.74, 6) is 0. The van der Waals surface area contributed by atoms with Crippen LogP contribution in [0.5, 0.6) is 0 Å². The molecule has 2 N–H and O–H groups in total. The van der Waals surface area contributed by atoms with Gasteiger partial charge in [-0.25, -0.2) is 0 Å². The summed E-state index contributed by atoms with van der Waals surface area (Å²) in [6, 6.07) is 0.257. The Labute approximate surface area is 111 Å². The monoisotopic (exact) mass is 252 g/mol. The molecule has 18 heavy (non-hydrogen) atoms. The number of aryl methyl sites for hydroxylation is 2. The summed E-state index contributed by atoms with van der Waals surface area (Å²) < 4.78 is 1.89. The fraction of sp³-hybridized carbons (Fsp3) is 0.786. The number of hydrogen-bond acceptors (Lipinski definition) is 3. The van der Waals surface area contributed by atoms with Crippen molar-refractivity contribution in [3.63, 3.8) is 0 Å². The third kappa shape index (κ3) is 3.82. The molecule has 1 aromatic rings. The van der Waals surface area contributed by atoms with E-state index in [2.05, 4.69) is 50.9 Å². The van der Waals surface area contributed by atoms with Gasteiger partial charge in [-0.15, -0.1) is 0 Å². The minimum Gasteiger partial charge on any atom is -0.329 e. The van der Waals surface area contributed by atoms with Crippen molar-refractivity contribution >= 4 is 0 Å². The molecule has 1 heterocycles. The second-order valence-electron chi connectivity index (χ2n) is 6.29. The van der Waals surface area contributed by atoms with Crippen molar-refractivity contribution in [2.24, 2.45) is 18.2 Å². The first-order chi connectivity index (χ1) is 8.28. The Balaban J connectivity index is 2.94. The maximum Gasteiger partial charge on any atom is 0.0670 e. The Morgan fingerprint density at radius 3 is 2.50 bits per heavy atom. The van der Waals surface area contributed by atoms with Crippen molar-refractivity contribution in [1.82, 2.24) is 14.7 Å². The van der Waals surface area contributed by atoms with Gasteiger partial charge < -0.3 is 5.73 Å². The number of rotatable bonds is 5. The maximum atomic E-state index is 5.98. The predicted molar refractivity (Wildman–Crippen MR) is 76.5 cm³/mol. The SMILES string of the molecule is CCc1nn(C)cc1C(CN)N(C)CC(C)(C)C. The fourth-order valence-electron chi connectivity index (χ4n) is 2.51. The van der Waals surface area contributed by atoms with Crippen LogP contribution in [-0.4, -0.2) is 34.8 Å². The molecule has 0 saturated heterocycles. The van der Waals surface area contributed by atoms with Crippen molar-refractivity contribution in [2.45, 2.75) is 40.2 Å². The van der Waals surface area contributed by atoms with Crippen molar-refractivity contribution in [1.29, 1.82) is 0 Å². The zero-order valence-electron chi connectivity index (χ0n) is 12.7. The van der Waals surface area contributed by atoms with E-state index in [1.807, 2.05) is 11.7 Å². The fourth-order valence-corrected chi connectivity index (χ4v) is 2.51. The summed E-state index contributed by atoms with van der Waals surface area (Å²) >= 11 is 0. The van der Waals surface area contributed by atoms with Gasteiger partial charge in [0.15, 0.2) is 0 Å². The summed E-state index contributed by atoms with van der Waals surface area (Å²) in [7, 11) is 4.12. The molecular formula is C14H28N4. The Kier molecular flexibility index (Phi) is 4.93. The number of likely N-dealkylation sites (N-methyl/N-ethyl adjacent to an activating group) is 1. The summed E-state index contributed by atoms with van der Waals surface area (Å²) in [6.07, 6.45) is 3.06. The number of nitrogens with zero attached hydrogens (tertiary/aromatic N) is 3. The van der Waals surface area contributed by atoms with Crippen molar-refractivity contribution in [3.05, 3.63) is 17.5 Å². The highest BCUT2D eigenvalue weighted by Gasteiger charge is 2.24. The van der Waals surface area contributed by atoms with Gasteiger partial charge in [-0.1, -0.05) is 27.7 Å². The molecule has 1 unspecified atom stereocenters. The highest BCUT2D eigenvalue weighted by molar-refractivity contribution is 5.22. The van der Waals surface area contributed by atoms with Crippen LogP contribution in [0.3, 0.4) is 0 Å². The molecule has 0 aliphatic carbocycles. The Bertz CT molecular complexity index is 376. The van der Waals surface area contributed by atoms with E-state index in [1.165, 1.54) is 5.56 Å². The van der Waals surface area contributed by atoms with Gasteiger partial charge in [0.2, 0.25) is 0 Å². The molecule has 1 atom stereocenters. The lowest BCUT2D eigenvalue weighted by Gasteiger charge is -2.32. The van der Waals surface area contributed by atoms with E-state index >= 15 is 0 Å². The van der Waals surface area contributed by atoms with Gasteiger partial charge in [0.05, 0.1) is 11.7 Å². The smallest absolute Gasteiger partial charge is 0.0670 e. The van der Waals surface area contributed by atoms with Crippen LogP contribution in [0.25, 0.3) is 0 Å². The molecule has 0 aromatic carbocycles. The zero-order valence-corrected chi connectivity index (χ0v) is 12.7. The zero-order chi connectivity index (χ0) is 13.9. The van der Waals surface area contributed by atoms with Gasteiger partial charge in [-0.2, -0.15) is 5.10 Å². The van der Waals surface area contributed by atoms with Crippen LogP contribution in [0.15, 0.2) is 6.20 Å². The highest BCUT2D eigenvalue weighted by Crippen LogP contribution is 2.25. The molecule has 0 amide bonds. The third-order valence-electron chi connectivity index (χ3n) is 3.11. The summed E-state index contributed by atoms with van der Waals surface area (Å²) in [6.45, 7) is 10.5. The van der Waals surface area contributed by atoms with Gasteiger partial charge in [0, 0.05) is 31.9 Å². The van der Waals surface area contributed by atoms with Gasteiger partial charge in [0.25, 0.3) is 0 Å².